The van der Waals surface area contributed by atoms with E-state index >= 15 is 0 Å². The maximum absolute atomic E-state index is 5.00. The van der Waals surface area contributed by atoms with E-state index in [1.54, 1.807) is 7.05 Å². The predicted octanol–water partition coefficient (Wildman–Crippen LogP) is -0.535. The normalized spacial score (nSPS) is 21.9. The number of hydrogen-bond donors (Lipinski definition) is 2. The fourth-order valence-electron chi connectivity index (χ4n) is 0.596. The zero-order chi connectivity index (χ0) is 7.40. The van der Waals surface area contributed by atoms with Crippen LogP contribution in [0.4, 0.5) is 0 Å². The lowest BCUT2D eigenvalue weighted by molar-refractivity contribution is 0.218. The van der Waals surface area contributed by atoms with Crippen LogP contribution in [0.15, 0.2) is 4.99 Å². The van der Waals surface area contributed by atoms with Crippen LogP contribution in [0.5, 0.6) is 0 Å². The Hall–Kier alpha value is -0.840. The summed E-state index contributed by atoms with van der Waals surface area (Å²) in [4.78, 5) is 3.85. The molecule has 56 valence electrons. The van der Waals surface area contributed by atoms with E-state index in [9.17, 15) is 0 Å². The van der Waals surface area contributed by atoms with Gasteiger partial charge in [-0.3, -0.25) is 4.99 Å². The lowest BCUT2D eigenvalue weighted by atomic mass is 10.6. The van der Waals surface area contributed by atoms with Gasteiger partial charge in [-0.25, -0.2) is 0 Å². The van der Waals surface area contributed by atoms with Crippen LogP contribution in [-0.4, -0.2) is 31.3 Å². The summed E-state index contributed by atoms with van der Waals surface area (Å²) in [5.74, 6) is 0. The number of ether oxygens (including phenoxy) is 1. The number of aliphatic imine (C=N–C) groups is 1. The molecule has 1 rings (SSSR count). The van der Waals surface area contributed by atoms with Gasteiger partial charge in [-0.15, -0.1) is 0 Å². The molecule has 0 saturated carbocycles. The highest BCUT2D eigenvalue weighted by Crippen LogP contribution is 1.93. The molecule has 1 atom stereocenters. The second kappa shape index (κ2) is 3.36. The molecule has 1 aliphatic rings. The molecule has 5 heteroatoms. The largest absolute Gasteiger partial charge is 0.459 e. The van der Waals surface area contributed by atoms with Crippen LogP contribution in [-0.2, 0) is 4.74 Å². The standard InChI is InChI=1S/C5H9N3OS/c1-6-5(10)8-4-2-7-3-9-4/h3-4H,2H2,1H3,(H2,6,8,10). The molecule has 0 aromatic carbocycles. The fourth-order valence-corrected chi connectivity index (χ4v) is 0.728. The topological polar surface area (TPSA) is 45.7 Å². The number of nitrogens with one attached hydrogen (secondary N) is 2. The van der Waals surface area contributed by atoms with Gasteiger partial charge in [0.15, 0.2) is 17.7 Å². The Labute approximate surface area is 64.7 Å². The highest BCUT2D eigenvalue weighted by molar-refractivity contribution is 7.80. The highest BCUT2D eigenvalue weighted by Gasteiger charge is 2.11. The molecule has 1 unspecified atom stereocenters. The van der Waals surface area contributed by atoms with Crippen LogP contribution >= 0.6 is 12.2 Å². The molecule has 0 aliphatic carbocycles. The summed E-state index contributed by atoms with van der Waals surface area (Å²) in [6.07, 6.45) is 1.34. The van der Waals surface area contributed by atoms with Crippen LogP contribution in [0.2, 0.25) is 0 Å². The van der Waals surface area contributed by atoms with Crippen molar-refractivity contribution in [3.8, 4) is 0 Å². The van der Waals surface area contributed by atoms with Crippen molar-refractivity contribution in [1.82, 2.24) is 10.6 Å². The van der Waals surface area contributed by atoms with Gasteiger partial charge < -0.3 is 15.4 Å². The first kappa shape index (κ1) is 7.27. The first-order chi connectivity index (χ1) is 4.83. The first-order valence-corrected chi connectivity index (χ1v) is 3.36. The van der Waals surface area contributed by atoms with Gasteiger partial charge in [0.25, 0.3) is 0 Å². The Morgan fingerprint density at radius 3 is 3.20 bits per heavy atom. The number of hydrogen-bond acceptors (Lipinski definition) is 3. The molecule has 1 aliphatic heterocycles. The summed E-state index contributed by atoms with van der Waals surface area (Å²) in [7, 11) is 1.76. The Morgan fingerprint density at radius 2 is 2.70 bits per heavy atom. The van der Waals surface area contributed by atoms with E-state index in [1.807, 2.05) is 0 Å². The molecule has 0 fully saturated rings. The van der Waals surface area contributed by atoms with E-state index in [2.05, 4.69) is 15.6 Å². The highest BCUT2D eigenvalue weighted by atomic mass is 32.1. The zero-order valence-corrected chi connectivity index (χ0v) is 6.44. The molecule has 10 heavy (non-hydrogen) atoms. The second-order valence-electron chi connectivity index (χ2n) is 1.82. The van der Waals surface area contributed by atoms with Crippen molar-refractivity contribution in [3.63, 3.8) is 0 Å². The summed E-state index contributed by atoms with van der Waals surface area (Å²) in [6.45, 7) is 0.627. The van der Waals surface area contributed by atoms with Crippen molar-refractivity contribution in [2.75, 3.05) is 13.6 Å². The Bertz CT molecular complexity index is 151. The van der Waals surface area contributed by atoms with Crippen molar-refractivity contribution in [1.29, 1.82) is 0 Å². The van der Waals surface area contributed by atoms with Crippen LogP contribution < -0.4 is 10.6 Å². The molecular formula is C5H9N3OS. The molecule has 0 aromatic rings. The van der Waals surface area contributed by atoms with E-state index in [4.69, 9.17) is 17.0 Å². The fraction of sp³-hybridized carbons (Fsp3) is 0.600. The van der Waals surface area contributed by atoms with Gasteiger partial charge in [0.05, 0.1) is 6.54 Å². The number of thiocarbonyl (C=S) groups is 1. The molecule has 0 radical (unpaired) electrons. The third-order valence-corrected chi connectivity index (χ3v) is 1.41. The van der Waals surface area contributed by atoms with Crippen molar-refractivity contribution in [3.05, 3.63) is 0 Å². The van der Waals surface area contributed by atoms with Gasteiger partial charge in [-0.2, -0.15) is 0 Å². The molecule has 0 aromatic heterocycles. The Morgan fingerprint density at radius 1 is 1.90 bits per heavy atom. The average Bonchev–Trinajstić information content (AvgIpc) is 2.40. The predicted molar refractivity (Wildman–Crippen MR) is 43.0 cm³/mol. The van der Waals surface area contributed by atoms with Gasteiger partial charge in [0.1, 0.15) is 0 Å². The Kier molecular flexibility index (Phi) is 2.44. The third-order valence-electron chi connectivity index (χ3n) is 1.09. The van der Waals surface area contributed by atoms with Gasteiger partial charge >= 0.3 is 0 Å². The maximum atomic E-state index is 5.00. The second-order valence-corrected chi connectivity index (χ2v) is 2.23. The monoisotopic (exact) mass is 159 g/mol. The van der Waals surface area contributed by atoms with E-state index in [-0.39, 0.29) is 6.23 Å². The van der Waals surface area contributed by atoms with Gasteiger partial charge in [0, 0.05) is 7.05 Å². The molecule has 0 saturated heterocycles. The summed E-state index contributed by atoms with van der Waals surface area (Å²) in [5.41, 5.74) is 0. The van der Waals surface area contributed by atoms with Crippen LogP contribution in [0.3, 0.4) is 0 Å². The van der Waals surface area contributed by atoms with Crippen molar-refractivity contribution in [2.45, 2.75) is 6.23 Å². The van der Waals surface area contributed by atoms with E-state index in [0.29, 0.717) is 11.7 Å². The van der Waals surface area contributed by atoms with Crippen LogP contribution in [0, 0.1) is 0 Å². The molecule has 4 nitrogen and oxygen atoms in total. The minimum Gasteiger partial charge on any atom is -0.459 e. The smallest absolute Gasteiger partial charge is 0.192 e. The molecule has 1 heterocycles. The lowest BCUT2D eigenvalue weighted by Gasteiger charge is -2.12. The van der Waals surface area contributed by atoms with Crippen molar-refractivity contribution >= 4 is 23.7 Å². The first-order valence-electron chi connectivity index (χ1n) is 2.95. The summed E-state index contributed by atoms with van der Waals surface area (Å²) in [5, 5.41) is 6.26. The molecular weight excluding hydrogens is 150 g/mol. The van der Waals surface area contributed by atoms with Gasteiger partial charge in [0.2, 0.25) is 0 Å². The van der Waals surface area contributed by atoms with Crippen LogP contribution in [0.1, 0.15) is 0 Å². The zero-order valence-electron chi connectivity index (χ0n) is 5.63. The molecule has 0 bridgehead atoms. The van der Waals surface area contributed by atoms with Crippen molar-refractivity contribution < 1.29 is 4.74 Å². The number of nitrogens with zero attached hydrogens (tertiary/aromatic N) is 1. The van der Waals surface area contributed by atoms with E-state index < -0.39 is 0 Å². The average molecular weight is 159 g/mol. The van der Waals surface area contributed by atoms with Gasteiger partial charge in [-0.05, 0) is 12.2 Å². The summed E-state index contributed by atoms with van der Waals surface area (Å²) < 4.78 is 5.00. The molecule has 0 spiro atoms. The summed E-state index contributed by atoms with van der Waals surface area (Å²) in [6, 6.07) is 0. The molecule has 2 N–H and O–H groups in total. The lowest BCUT2D eigenvalue weighted by Crippen LogP contribution is -2.41. The minimum atomic E-state index is -0.0834. The van der Waals surface area contributed by atoms with Gasteiger partial charge in [-0.1, -0.05) is 0 Å². The third kappa shape index (κ3) is 1.84. The van der Waals surface area contributed by atoms with Crippen molar-refractivity contribution in [2.24, 2.45) is 4.99 Å². The molecule has 0 amide bonds. The summed E-state index contributed by atoms with van der Waals surface area (Å²) >= 11 is 4.83. The quantitative estimate of drug-likeness (QED) is 0.505. The Balaban J connectivity index is 2.19. The van der Waals surface area contributed by atoms with Crippen LogP contribution in [0.25, 0.3) is 0 Å². The van der Waals surface area contributed by atoms with E-state index in [1.165, 1.54) is 6.40 Å². The SMILES string of the molecule is CNC(=S)NC1CN=CO1. The van der Waals surface area contributed by atoms with E-state index in [0.717, 1.165) is 0 Å². The number of rotatable bonds is 1. The maximum Gasteiger partial charge on any atom is 0.192 e. The minimum absolute atomic E-state index is 0.0834.